The summed E-state index contributed by atoms with van der Waals surface area (Å²) in [5.41, 5.74) is -0.0609. The van der Waals surface area contributed by atoms with Crippen molar-refractivity contribution in [1.82, 2.24) is 14.9 Å². The third-order valence-electron chi connectivity index (χ3n) is 3.51. The second-order valence-electron chi connectivity index (χ2n) is 4.97. The van der Waals surface area contributed by atoms with Gasteiger partial charge in [0, 0.05) is 32.1 Å². The van der Waals surface area contributed by atoms with Gasteiger partial charge >= 0.3 is 0 Å². The topological polar surface area (TPSA) is 68.2 Å². The zero-order chi connectivity index (χ0) is 14.2. The number of nitrogens with zero attached hydrogens (tertiary/aromatic N) is 2. The van der Waals surface area contributed by atoms with Crippen LogP contribution in [0.3, 0.4) is 0 Å². The van der Waals surface area contributed by atoms with E-state index in [1.54, 1.807) is 17.0 Å². The zero-order valence-corrected chi connectivity index (χ0v) is 12.1. The fourth-order valence-electron chi connectivity index (χ4n) is 2.31. The van der Waals surface area contributed by atoms with E-state index in [-0.39, 0.29) is 5.56 Å². The third kappa shape index (κ3) is 4.31. The molecule has 0 spiro atoms. The Morgan fingerprint density at radius 1 is 1.50 bits per heavy atom. The van der Waals surface area contributed by atoms with Crippen molar-refractivity contribution in [3.05, 3.63) is 22.7 Å². The molecule has 1 aromatic heterocycles. The molecule has 1 fully saturated rings. The summed E-state index contributed by atoms with van der Waals surface area (Å²) in [6, 6.07) is 0. The van der Waals surface area contributed by atoms with Crippen LogP contribution in [0.15, 0.2) is 17.2 Å². The average molecular weight is 280 g/mol. The molecule has 0 bridgehead atoms. The van der Waals surface area contributed by atoms with E-state index in [1.165, 1.54) is 0 Å². The predicted octanol–water partition coefficient (Wildman–Crippen LogP) is 0.834. The fraction of sp³-hybridized carbons (Fsp3) is 0.714. The van der Waals surface area contributed by atoms with E-state index >= 15 is 0 Å². The molecular weight excluding hydrogens is 256 g/mol. The summed E-state index contributed by atoms with van der Waals surface area (Å²) < 4.78 is 7.45. The van der Waals surface area contributed by atoms with Crippen LogP contribution in [0, 0.1) is 0 Å². The molecule has 0 aliphatic carbocycles. The van der Waals surface area contributed by atoms with Crippen LogP contribution in [-0.4, -0.2) is 41.9 Å². The summed E-state index contributed by atoms with van der Waals surface area (Å²) in [6.07, 6.45) is 6.81. The number of anilines is 1. The second kappa shape index (κ2) is 8.01. The minimum Gasteiger partial charge on any atom is -0.378 e. The fourth-order valence-corrected chi connectivity index (χ4v) is 2.31. The smallest absolute Gasteiger partial charge is 0.293 e. The summed E-state index contributed by atoms with van der Waals surface area (Å²) in [6.45, 7) is 6.14. The van der Waals surface area contributed by atoms with Gasteiger partial charge in [-0.2, -0.15) is 0 Å². The Kier molecular flexibility index (Phi) is 6.01. The molecule has 6 heteroatoms. The maximum atomic E-state index is 11.9. The number of aryl methyl sites for hydroxylation is 1. The van der Waals surface area contributed by atoms with Crippen molar-refractivity contribution in [1.29, 1.82) is 0 Å². The molecule has 2 heterocycles. The summed E-state index contributed by atoms with van der Waals surface area (Å²) in [7, 11) is 0. The van der Waals surface area contributed by atoms with E-state index < -0.39 is 0 Å². The Morgan fingerprint density at radius 2 is 2.30 bits per heavy atom. The number of hydrogen-bond donors (Lipinski definition) is 2. The van der Waals surface area contributed by atoms with E-state index in [0.29, 0.717) is 25.0 Å². The summed E-state index contributed by atoms with van der Waals surface area (Å²) in [5.74, 6) is 0.427. The normalized spacial score (nSPS) is 16.2. The molecule has 6 nitrogen and oxygen atoms in total. The molecule has 112 valence electrons. The van der Waals surface area contributed by atoms with Gasteiger partial charge in [0.25, 0.3) is 5.56 Å². The van der Waals surface area contributed by atoms with Crippen molar-refractivity contribution in [3.63, 3.8) is 0 Å². The Labute approximate surface area is 119 Å². The van der Waals surface area contributed by atoms with Gasteiger partial charge < -0.3 is 19.9 Å². The van der Waals surface area contributed by atoms with Crippen molar-refractivity contribution in [2.75, 3.05) is 31.6 Å². The van der Waals surface area contributed by atoms with Crippen LogP contribution >= 0.6 is 0 Å². The molecule has 2 rings (SSSR count). The van der Waals surface area contributed by atoms with Gasteiger partial charge in [0.05, 0.1) is 6.10 Å². The van der Waals surface area contributed by atoms with Crippen LogP contribution in [0.5, 0.6) is 0 Å². The summed E-state index contributed by atoms with van der Waals surface area (Å²) >= 11 is 0. The molecular formula is C14H24N4O2. The maximum absolute atomic E-state index is 11.9. The van der Waals surface area contributed by atoms with Crippen molar-refractivity contribution >= 4 is 5.82 Å². The van der Waals surface area contributed by atoms with Crippen LogP contribution in [0.4, 0.5) is 5.82 Å². The first-order valence-corrected chi connectivity index (χ1v) is 7.43. The first-order valence-electron chi connectivity index (χ1n) is 7.43. The van der Waals surface area contributed by atoms with Crippen LogP contribution in [0.1, 0.15) is 26.2 Å². The van der Waals surface area contributed by atoms with Crippen molar-refractivity contribution in [2.24, 2.45) is 0 Å². The lowest BCUT2D eigenvalue weighted by molar-refractivity contribution is 0.0329. The lowest BCUT2D eigenvalue weighted by Crippen LogP contribution is -2.32. The van der Waals surface area contributed by atoms with Gasteiger partial charge in [0.15, 0.2) is 5.82 Å². The van der Waals surface area contributed by atoms with Crippen LogP contribution in [-0.2, 0) is 11.3 Å². The Hall–Kier alpha value is -1.40. The molecule has 0 atom stereocenters. The third-order valence-corrected chi connectivity index (χ3v) is 3.51. The van der Waals surface area contributed by atoms with E-state index in [1.807, 2.05) is 6.92 Å². The van der Waals surface area contributed by atoms with Crippen molar-refractivity contribution in [2.45, 2.75) is 38.8 Å². The van der Waals surface area contributed by atoms with Crippen molar-refractivity contribution < 1.29 is 4.74 Å². The molecule has 0 saturated carbocycles. The van der Waals surface area contributed by atoms with Gasteiger partial charge in [-0.15, -0.1) is 0 Å². The minimum atomic E-state index is -0.0609. The highest BCUT2D eigenvalue weighted by molar-refractivity contribution is 5.30. The number of piperidine rings is 1. The molecule has 0 radical (unpaired) electrons. The van der Waals surface area contributed by atoms with E-state index in [0.717, 1.165) is 39.0 Å². The van der Waals surface area contributed by atoms with Crippen LogP contribution in [0.25, 0.3) is 0 Å². The van der Waals surface area contributed by atoms with Gasteiger partial charge in [-0.05, 0) is 39.3 Å². The van der Waals surface area contributed by atoms with Gasteiger partial charge in [0.1, 0.15) is 0 Å². The Balaban J connectivity index is 1.67. The summed E-state index contributed by atoms with van der Waals surface area (Å²) in [4.78, 5) is 16.0. The SMILES string of the molecule is CCn1ccnc(NCCCOC2CCNCC2)c1=O. The Morgan fingerprint density at radius 3 is 3.05 bits per heavy atom. The number of hydrogen-bond acceptors (Lipinski definition) is 5. The largest absolute Gasteiger partial charge is 0.378 e. The van der Waals surface area contributed by atoms with Crippen LogP contribution < -0.4 is 16.2 Å². The monoisotopic (exact) mass is 280 g/mol. The molecule has 1 aromatic rings. The lowest BCUT2D eigenvalue weighted by atomic mass is 10.1. The lowest BCUT2D eigenvalue weighted by Gasteiger charge is -2.22. The molecule has 0 unspecified atom stereocenters. The zero-order valence-electron chi connectivity index (χ0n) is 12.1. The highest BCUT2D eigenvalue weighted by atomic mass is 16.5. The number of nitrogens with one attached hydrogen (secondary N) is 2. The van der Waals surface area contributed by atoms with Crippen molar-refractivity contribution in [3.8, 4) is 0 Å². The number of aromatic nitrogens is 2. The number of rotatable bonds is 7. The molecule has 2 N–H and O–H groups in total. The van der Waals surface area contributed by atoms with Gasteiger partial charge in [0.2, 0.25) is 0 Å². The highest BCUT2D eigenvalue weighted by Crippen LogP contribution is 2.07. The minimum absolute atomic E-state index is 0.0609. The van der Waals surface area contributed by atoms with E-state index in [2.05, 4.69) is 15.6 Å². The van der Waals surface area contributed by atoms with Crippen LogP contribution in [0.2, 0.25) is 0 Å². The summed E-state index contributed by atoms with van der Waals surface area (Å²) in [5, 5.41) is 6.41. The molecule has 20 heavy (non-hydrogen) atoms. The molecule has 0 amide bonds. The quantitative estimate of drug-likeness (QED) is 0.724. The van der Waals surface area contributed by atoms with E-state index in [9.17, 15) is 4.79 Å². The highest BCUT2D eigenvalue weighted by Gasteiger charge is 2.12. The Bertz CT molecular complexity index is 455. The predicted molar refractivity (Wildman–Crippen MR) is 79.1 cm³/mol. The van der Waals surface area contributed by atoms with E-state index in [4.69, 9.17) is 4.74 Å². The first-order chi connectivity index (χ1) is 9.81. The molecule has 1 aliphatic heterocycles. The molecule has 1 aliphatic rings. The van der Waals surface area contributed by atoms with Gasteiger partial charge in [-0.25, -0.2) is 4.98 Å². The standard InChI is InChI=1S/C14H24N4O2/c1-2-18-10-9-17-13(14(18)19)16-6-3-11-20-12-4-7-15-8-5-12/h9-10,12,15H,2-8,11H2,1H3,(H,16,17). The van der Waals surface area contributed by atoms with Gasteiger partial charge in [-0.1, -0.05) is 0 Å². The first kappa shape index (κ1) is 15.0. The molecule has 1 saturated heterocycles. The maximum Gasteiger partial charge on any atom is 0.293 e. The average Bonchev–Trinajstić information content (AvgIpc) is 2.49. The number of ether oxygens (including phenoxy) is 1. The van der Waals surface area contributed by atoms with Gasteiger partial charge in [-0.3, -0.25) is 4.79 Å². The molecule has 0 aromatic carbocycles. The second-order valence-corrected chi connectivity index (χ2v) is 4.97.